The smallest absolute Gasteiger partial charge is 0.335 e. The predicted molar refractivity (Wildman–Crippen MR) is 78.4 cm³/mol. The molecule has 0 unspecified atom stereocenters. The van der Waals surface area contributed by atoms with E-state index in [1.807, 2.05) is 0 Å². The van der Waals surface area contributed by atoms with Gasteiger partial charge in [0.2, 0.25) is 5.91 Å². The van der Waals surface area contributed by atoms with Crippen LogP contribution in [-0.2, 0) is 6.42 Å². The second kappa shape index (κ2) is 5.46. The monoisotopic (exact) mass is 317 g/mol. The van der Waals surface area contributed by atoms with Crippen molar-refractivity contribution in [1.82, 2.24) is 0 Å². The zero-order valence-electron chi connectivity index (χ0n) is 12.0. The first kappa shape index (κ1) is 15.1. The van der Waals surface area contributed by atoms with Gasteiger partial charge in [-0.3, -0.25) is 4.79 Å². The van der Waals surface area contributed by atoms with Crippen LogP contribution in [0.3, 0.4) is 0 Å². The van der Waals surface area contributed by atoms with Crippen molar-refractivity contribution < 1.29 is 23.5 Å². The van der Waals surface area contributed by atoms with Crippen LogP contribution in [0.5, 0.6) is 0 Å². The van der Waals surface area contributed by atoms with E-state index in [1.54, 1.807) is 0 Å². The van der Waals surface area contributed by atoms with Gasteiger partial charge in [-0.05, 0) is 53.8 Å². The molecule has 4 nitrogen and oxygen atoms in total. The third-order valence-corrected chi connectivity index (χ3v) is 4.19. The maximum atomic E-state index is 13.9. The van der Waals surface area contributed by atoms with E-state index in [4.69, 9.17) is 10.8 Å². The number of fused-ring (bicyclic) bond motifs is 1. The minimum Gasteiger partial charge on any atom is -0.478 e. The molecule has 1 aliphatic rings. The Morgan fingerprint density at radius 2 is 1.87 bits per heavy atom. The first-order valence-corrected chi connectivity index (χ1v) is 7.03. The van der Waals surface area contributed by atoms with Gasteiger partial charge in [0.25, 0.3) is 0 Å². The average molecular weight is 317 g/mol. The van der Waals surface area contributed by atoms with Gasteiger partial charge in [0, 0.05) is 17.5 Å². The molecular weight excluding hydrogens is 304 g/mol. The maximum Gasteiger partial charge on any atom is 0.335 e. The summed E-state index contributed by atoms with van der Waals surface area (Å²) >= 11 is 0. The number of carboxylic acids is 1. The van der Waals surface area contributed by atoms with E-state index in [9.17, 15) is 18.4 Å². The summed E-state index contributed by atoms with van der Waals surface area (Å²) in [5.74, 6) is -3.65. The first-order chi connectivity index (χ1) is 10.9. The summed E-state index contributed by atoms with van der Waals surface area (Å²) in [5.41, 5.74) is 6.74. The Morgan fingerprint density at radius 3 is 2.52 bits per heavy atom. The minimum absolute atomic E-state index is 0.00433. The van der Waals surface area contributed by atoms with Gasteiger partial charge in [0.05, 0.1) is 5.56 Å². The Balaban J connectivity index is 2.19. The Kier molecular flexibility index (Phi) is 3.60. The largest absolute Gasteiger partial charge is 0.478 e. The van der Waals surface area contributed by atoms with Crippen LogP contribution in [0.4, 0.5) is 8.78 Å². The molecule has 0 saturated carbocycles. The summed E-state index contributed by atoms with van der Waals surface area (Å²) in [4.78, 5) is 22.8. The molecule has 1 atom stereocenters. The van der Waals surface area contributed by atoms with E-state index in [1.165, 1.54) is 24.3 Å². The van der Waals surface area contributed by atoms with Crippen molar-refractivity contribution in [3.63, 3.8) is 0 Å². The standard InChI is InChI=1S/C17H13F2NO3/c18-9-6-14-10(3-4-11(14)15(19)7-9)13-5-8(17(22)23)1-2-12(13)16(20)21/h1-2,5-7,10H,3-4H2,(H2,20,21)(H,22,23)/t10-/m1/s1. The van der Waals surface area contributed by atoms with Crippen LogP contribution in [0, 0.1) is 11.6 Å². The average Bonchev–Trinajstić information content (AvgIpc) is 2.90. The molecule has 0 spiro atoms. The number of rotatable bonds is 3. The van der Waals surface area contributed by atoms with E-state index in [2.05, 4.69) is 0 Å². The SMILES string of the molecule is NC(=O)c1ccc(C(=O)O)cc1[C@H]1CCc2c(F)cc(F)cc21. The molecule has 0 saturated heterocycles. The van der Waals surface area contributed by atoms with Gasteiger partial charge >= 0.3 is 5.97 Å². The number of carboxylic acid groups (broad SMARTS) is 1. The Hall–Kier alpha value is -2.76. The van der Waals surface area contributed by atoms with Gasteiger partial charge in [0.1, 0.15) is 11.6 Å². The molecule has 118 valence electrons. The summed E-state index contributed by atoms with van der Waals surface area (Å²) in [5, 5.41) is 9.13. The van der Waals surface area contributed by atoms with Crippen molar-refractivity contribution in [2.75, 3.05) is 0 Å². The fourth-order valence-electron chi connectivity index (χ4n) is 3.17. The fraction of sp³-hybridized carbons (Fsp3) is 0.176. The zero-order chi connectivity index (χ0) is 16.7. The summed E-state index contributed by atoms with van der Waals surface area (Å²) in [6.45, 7) is 0. The van der Waals surface area contributed by atoms with E-state index >= 15 is 0 Å². The number of amides is 1. The Morgan fingerprint density at radius 1 is 1.13 bits per heavy atom. The molecule has 0 aliphatic heterocycles. The van der Waals surface area contributed by atoms with E-state index in [0.717, 1.165) is 6.07 Å². The molecule has 2 aromatic carbocycles. The third kappa shape index (κ3) is 2.56. The highest BCUT2D eigenvalue weighted by atomic mass is 19.1. The number of hydrogen-bond acceptors (Lipinski definition) is 2. The summed E-state index contributed by atoms with van der Waals surface area (Å²) in [7, 11) is 0. The lowest BCUT2D eigenvalue weighted by Crippen LogP contribution is -2.16. The highest BCUT2D eigenvalue weighted by molar-refractivity contribution is 5.97. The maximum absolute atomic E-state index is 13.9. The molecule has 3 rings (SSSR count). The van der Waals surface area contributed by atoms with Gasteiger partial charge in [-0.1, -0.05) is 0 Å². The molecule has 0 radical (unpaired) electrons. The van der Waals surface area contributed by atoms with Crippen LogP contribution in [0.15, 0.2) is 30.3 Å². The van der Waals surface area contributed by atoms with Crippen LogP contribution in [-0.4, -0.2) is 17.0 Å². The second-order valence-electron chi connectivity index (χ2n) is 5.52. The number of primary amides is 1. The first-order valence-electron chi connectivity index (χ1n) is 7.03. The van der Waals surface area contributed by atoms with Crippen LogP contribution < -0.4 is 5.73 Å². The molecule has 2 aromatic rings. The third-order valence-electron chi connectivity index (χ3n) is 4.19. The van der Waals surface area contributed by atoms with Crippen LogP contribution in [0.25, 0.3) is 0 Å². The van der Waals surface area contributed by atoms with Crippen LogP contribution >= 0.6 is 0 Å². The predicted octanol–water partition coefficient (Wildman–Crippen LogP) is 2.84. The Bertz CT molecular complexity index is 833. The minimum atomic E-state index is -1.15. The molecule has 0 aromatic heterocycles. The summed E-state index contributed by atoms with van der Waals surface area (Å²) in [6.07, 6.45) is 0.848. The fourth-order valence-corrected chi connectivity index (χ4v) is 3.17. The summed E-state index contributed by atoms with van der Waals surface area (Å²) < 4.78 is 27.4. The number of hydrogen-bond donors (Lipinski definition) is 2. The number of nitrogens with two attached hydrogens (primary N) is 1. The molecule has 6 heteroatoms. The quantitative estimate of drug-likeness (QED) is 0.913. The Labute approximate surface area is 130 Å². The van der Waals surface area contributed by atoms with Crippen molar-refractivity contribution in [1.29, 1.82) is 0 Å². The summed E-state index contributed by atoms with van der Waals surface area (Å²) in [6, 6.07) is 6.03. The molecule has 23 heavy (non-hydrogen) atoms. The van der Waals surface area contributed by atoms with E-state index in [0.29, 0.717) is 29.5 Å². The van der Waals surface area contributed by atoms with Crippen molar-refractivity contribution in [2.24, 2.45) is 5.73 Å². The number of carbonyl (C=O) groups is 2. The van der Waals surface area contributed by atoms with Crippen molar-refractivity contribution >= 4 is 11.9 Å². The molecule has 0 heterocycles. The molecule has 3 N–H and O–H groups in total. The van der Waals surface area contributed by atoms with Crippen LogP contribution in [0.1, 0.15) is 49.7 Å². The zero-order valence-corrected chi connectivity index (χ0v) is 12.0. The van der Waals surface area contributed by atoms with Gasteiger partial charge in [-0.2, -0.15) is 0 Å². The second-order valence-corrected chi connectivity index (χ2v) is 5.52. The molecule has 1 aliphatic carbocycles. The number of benzene rings is 2. The number of aromatic carboxylic acids is 1. The molecule has 0 fully saturated rings. The molecule has 0 bridgehead atoms. The van der Waals surface area contributed by atoms with Crippen LogP contribution in [0.2, 0.25) is 0 Å². The lowest BCUT2D eigenvalue weighted by atomic mass is 9.88. The highest BCUT2D eigenvalue weighted by Gasteiger charge is 2.30. The molecular formula is C17H13F2NO3. The van der Waals surface area contributed by atoms with Gasteiger partial charge in [-0.15, -0.1) is 0 Å². The molecule has 1 amide bonds. The number of carbonyl (C=O) groups excluding carboxylic acids is 1. The highest BCUT2D eigenvalue weighted by Crippen LogP contribution is 2.41. The van der Waals surface area contributed by atoms with Crippen molar-refractivity contribution in [3.05, 3.63) is 69.8 Å². The van der Waals surface area contributed by atoms with Gasteiger partial charge in [0.15, 0.2) is 0 Å². The van der Waals surface area contributed by atoms with Crippen molar-refractivity contribution in [3.8, 4) is 0 Å². The lowest BCUT2D eigenvalue weighted by molar-refractivity contribution is 0.0696. The number of halogens is 2. The van der Waals surface area contributed by atoms with Gasteiger partial charge in [-0.25, -0.2) is 13.6 Å². The normalized spacial score (nSPS) is 16.2. The van der Waals surface area contributed by atoms with E-state index < -0.39 is 29.4 Å². The van der Waals surface area contributed by atoms with E-state index in [-0.39, 0.29) is 11.1 Å². The lowest BCUT2D eigenvalue weighted by Gasteiger charge is -2.16. The topological polar surface area (TPSA) is 80.4 Å². The van der Waals surface area contributed by atoms with Gasteiger partial charge < -0.3 is 10.8 Å². The van der Waals surface area contributed by atoms with Crippen molar-refractivity contribution in [2.45, 2.75) is 18.8 Å².